The van der Waals surface area contributed by atoms with Gasteiger partial charge in [-0.2, -0.15) is 0 Å². The smallest absolute Gasteiger partial charge is 0.312 e. The van der Waals surface area contributed by atoms with Gasteiger partial charge in [0.25, 0.3) is 0 Å². The Hall–Kier alpha value is -1.66. The molecule has 6 nitrogen and oxygen atoms in total. The molecule has 5 rings (SSSR count). The summed E-state index contributed by atoms with van der Waals surface area (Å²) >= 11 is 0. The number of carboxylic acids is 2. The van der Waals surface area contributed by atoms with E-state index in [9.17, 15) is 30.0 Å². The van der Waals surface area contributed by atoms with Crippen molar-refractivity contribution in [1.82, 2.24) is 0 Å². The third-order valence-corrected chi connectivity index (χ3v) is 13.0. The fraction of sp³-hybridized carbons (Fsp3) is 0.800. The van der Waals surface area contributed by atoms with Crippen molar-refractivity contribution in [2.75, 3.05) is 0 Å². The summed E-state index contributed by atoms with van der Waals surface area (Å²) in [5.74, 6) is -1.89. The lowest BCUT2D eigenvalue weighted by molar-refractivity contribution is -0.239. The highest BCUT2D eigenvalue weighted by atomic mass is 16.4. The van der Waals surface area contributed by atoms with Crippen LogP contribution in [0.1, 0.15) is 92.9 Å². The van der Waals surface area contributed by atoms with E-state index in [1.807, 2.05) is 0 Å². The van der Waals surface area contributed by atoms with Crippen molar-refractivity contribution >= 4 is 11.9 Å². The molecule has 0 aromatic rings. The Labute approximate surface area is 214 Å². The number of carbonyl (C=O) groups is 2. The predicted molar refractivity (Wildman–Crippen MR) is 136 cm³/mol. The third kappa shape index (κ3) is 2.81. The minimum Gasteiger partial charge on any atom is -0.481 e. The molecule has 6 heteroatoms. The van der Waals surface area contributed by atoms with Crippen molar-refractivity contribution in [2.45, 2.75) is 105 Å². The molecule has 5 aliphatic carbocycles. The maximum atomic E-state index is 12.8. The summed E-state index contributed by atoms with van der Waals surface area (Å²) in [5, 5.41) is 42.6. The number of hydrogen-bond donors (Lipinski definition) is 4. The van der Waals surface area contributed by atoms with E-state index in [-0.39, 0.29) is 28.6 Å². The lowest BCUT2D eigenvalue weighted by Crippen LogP contribution is -2.68. The Kier molecular flexibility index (Phi) is 5.55. The van der Waals surface area contributed by atoms with Crippen LogP contribution in [0.15, 0.2) is 22.8 Å². The van der Waals surface area contributed by atoms with Gasteiger partial charge < -0.3 is 20.4 Å². The van der Waals surface area contributed by atoms with Gasteiger partial charge in [-0.05, 0) is 100 Å². The number of aliphatic hydroxyl groups excluding tert-OH is 2. The zero-order valence-corrected chi connectivity index (χ0v) is 22.7. The van der Waals surface area contributed by atoms with Crippen molar-refractivity contribution in [3.63, 3.8) is 0 Å². The molecule has 4 N–H and O–H groups in total. The van der Waals surface area contributed by atoms with Gasteiger partial charge in [0.05, 0.1) is 23.0 Å². The SMILES string of the molecule is CC1=C(C)[C@H]2C3=CC[C@@H]4[C@@]5(C)C[C@@H](O)[C@H](O)[C@@](C)(C(=O)O)[C@@H]5CC[C@@]4(C)[C@]3(C)CC[C@@]2(C(=O)O)CC1. The van der Waals surface area contributed by atoms with E-state index in [0.29, 0.717) is 25.7 Å². The lowest BCUT2D eigenvalue weighted by atomic mass is 9.33. The summed E-state index contributed by atoms with van der Waals surface area (Å²) in [4.78, 5) is 25.3. The first-order chi connectivity index (χ1) is 16.6. The van der Waals surface area contributed by atoms with Gasteiger partial charge in [0.1, 0.15) is 0 Å². The van der Waals surface area contributed by atoms with Gasteiger partial charge in [-0.25, -0.2) is 0 Å². The number of aliphatic hydroxyl groups is 2. The molecule has 3 saturated carbocycles. The Bertz CT molecular complexity index is 1080. The summed E-state index contributed by atoms with van der Waals surface area (Å²) in [6.45, 7) is 12.7. The normalized spacial score (nSPS) is 52.3. The molecule has 0 bridgehead atoms. The minimum absolute atomic E-state index is 0.0890. The maximum Gasteiger partial charge on any atom is 0.312 e. The second kappa shape index (κ2) is 7.69. The molecule has 0 aromatic heterocycles. The van der Waals surface area contributed by atoms with Crippen LogP contribution in [0, 0.1) is 44.8 Å². The molecule has 0 aromatic carbocycles. The second-order valence-corrected chi connectivity index (χ2v) is 14.0. The number of rotatable bonds is 2. The van der Waals surface area contributed by atoms with E-state index in [2.05, 4.69) is 40.7 Å². The predicted octanol–water partition coefficient (Wildman–Crippen LogP) is 5.19. The zero-order valence-electron chi connectivity index (χ0n) is 22.7. The summed E-state index contributed by atoms with van der Waals surface area (Å²) in [5.41, 5.74) is 0.872. The molecule has 0 amide bonds. The van der Waals surface area contributed by atoms with Crippen LogP contribution < -0.4 is 0 Å². The summed E-state index contributed by atoms with van der Waals surface area (Å²) in [7, 11) is 0. The highest BCUT2D eigenvalue weighted by Crippen LogP contribution is 2.75. The van der Waals surface area contributed by atoms with E-state index in [1.165, 1.54) is 16.7 Å². The van der Waals surface area contributed by atoms with Gasteiger partial charge in [-0.1, -0.05) is 43.6 Å². The van der Waals surface area contributed by atoms with Crippen LogP contribution in [0.25, 0.3) is 0 Å². The van der Waals surface area contributed by atoms with E-state index in [1.54, 1.807) is 6.92 Å². The minimum atomic E-state index is -1.40. The Balaban J connectivity index is 1.65. The highest BCUT2D eigenvalue weighted by molar-refractivity contribution is 5.78. The molecular formula is C30H44O6. The molecule has 0 spiro atoms. The first kappa shape index (κ1) is 26.0. The number of carboxylic acid groups (broad SMARTS) is 2. The zero-order chi connectivity index (χ0) is 26.6. The number of fused-ring (bicyclic) bond motifs is 7. The molecule has 0 heterocycles. The maximum absolute atomic E-state index is 12.8. The van der Waals surface area contributed by atoms with E-state index >= 15 is 0 Å². The van der Waals surface area contributed by atoms with Crippen molar-refractivity contribution < 1.29 is 30.0 Å². The summed E-state index contributed by atoms with van der Waals surface area (Å²) in [6.07, 6.45) is 5.61. The van der Waals surface area contributed by atoms with E-state index in [4.69, 9.17) is 0 Å². The van der Waals surface area contributed by atoms with Crippen LogP contribution in [0.5, 0.6) is 0 Å². The topological polar surface area (TPSA) is 115 Å². The van der Waals surface area contributed by atoms with Crippen LogP contribution in [0.2, 0.25) is 0 Å². The number of aliphatic carboxylic acids is 2. The molecule has 0 radical (unpaired) electrons. The molecular weight excluding hydrogens is 456 g/mol. The Morgan fingerprint density at radius 3 is 2.19 bits per heavy atom. The first-order valence-electron chi connectivity index (χ1n) is 13.8. The van der Waals surface area contributed by atoms with Gasteiger partial charge in [-0.15, -0.1) is 0 Å². The van der Waals surface area contributed by atoms with Gasteiger partial charge in [-0.3, -0.25) is 9.59 Å². The van der Waals surface area contributed by atoms with Crippen molar-refractivity contribution in [1.29, 1.82) is 0 Å². The molecule has 3 fully saturated rings. The molecule has 0 aliphatic heterocycles. The van der Waals surface area contributed by atoms with Gasteiger partial charge in [0.2, 0.25) is 0 Å². The van der Waals surface area contributed by atoms with E-state index in [0.717, 1.165) is 25.7 Å². The number of hydrogen-bond acceptors (Lipinski definition) is 4. The summed E-state index contributed by atoms with van der Waals surface area (Å²) in [6, 6.07) is 0. The van der Waals surface area contributed by atoms with Crippen LogP contribution in [-0.4, -0.2) is 44.6 Å². The molecule has 10 atom stereocenters. The second-order valence-electron chi connectivity index (χ2n) is 14.0. The largest absolute Gasteiger partial charge is 0.481 e. The lowest BCUT2D eigenvalue weighted by Gasteiger charge is -2.70. The van der Waals surface area contributed by atoms with Crippen LogP contribution in [0.4, 0.5) is 0 Å². The monoisotopic (exact) mass is 500 g/mol. The van der Waals surface area contributed by atoms with Crippen molar-refractivity contribution in [2.24, 2.45) is 44.8 Å². The molecule has 36 heavy (non-hydrogen) atoms. The quantitative estimate of drug-likeness (QED) is 0.388. The highest BCUT2D eigenvalue weighted by Gasteiger charge is 2.71. The van der Waals surface area contributed by atoms with Crippen molar-refractivity contribution in [3.8, 4) is 0 Å². The van der Waals surface area contributed by atoms with Gasteiger partial charge in [0.15, 0.2) is 0 Å². The van der Waals surface area contributed by atoms with Crippen LogP contribution >= 0.6 is 0 Å². The van der Waals surface area contributed by atoms with Crippen LogP contribution in [0.3, 0.4) is 0 Å². The van der Waals surface area contributed by atoms with Crippen LogP contribution in [-0.2, 0) is 9.59 Å². The first-order valence-corrected chi connectivity index (χ1v) is 13.8. The van der Waals surface area contributed by atoms with Gasteiger partial charge in [0, 0.05) is 5.92 Å². The standard InChI is InChI=1S/C30H44O6/c1-16-9-12-30(25(35)36)14-13-27(4)18(22(30)17(16)2)7-8-20-26(3)15-19(31)23(32)29(6,24(33)34)21(26)10-11-28(20,27)5/h7,19-23,31-32H,8-15H2,1-6H3,(H,33,34)(H,35,36)/t19-,20-,21-,22+,23+,26-,27-,28-,29+,30+/m1/s1. The molecule has 200 valence electrons. The van der Waals surface area contributed by atoms with Crippen molar-refractivity contribution in [3.05, 3.63) is 22.8 Å². The Morgan fingerprint density at radius 2 is 1.58 bits per heavy atom. The number of allylic oxidation sites excluding steroid dienone is 4. The summed E-state index contributed by atoms with van der Waals surface area (Å²) < 4.78 is 0. The fourth-order valence-corrected chi connectivity index (χ4v) is 10.5. The molecule has 0 saturated heterocycles. The average molecular weight is 501 g/mol. The van der Waals surface area contributed by atoms with Gasteiger partial charge >= 0.3 is 11.9 Å². The average Bonchev–Trinajstić information content (AvgIpc) is 2.80. The Morgan fingerprint density at radius 1 is 0.917 bits per heavy atom. The molecule has 5 aliphatic rings. The van der Waals surface area contributed by atoms with E-state index < -0.39 is 40.4 Å². The fourth-order valence-electron chi connectivity index (χ4n) is 10.5. The third-order valence-electron chi connectivity index (χ3n) is 13.0. The molecule has 0 unspecified atom stereocenters.